The summed E-state index contributed by atoms with van der Waals surface area (Å²) in [6.45, 7) is 0. The average molecular weight is 166 g/mol. The quantitative estimate of drug-likeness (QED) is 0.591. The molecule has 1 N–H and O–H groups in total. The van der Waals surface area contributed by atoms with Crippen LogP contribution < -0.4 is 0 Å². The fourth-order valence-electron chi connectivity index (χ4n) is 2.37. The van der Waals surface area contributed by atoms with Crippen molar-refractivity contribution in [2.75, 3.05) is 0 Å². The average Bonchev–Trinajstić information content (AvgIpc) is 2.04. The van der Waals surface area contributed by atoms with Gasteiger partial charge in [-0.25, -0.2) is 0 Å². The highest BCUT2D eigenvalue weighted by molar-refractivity contribution is 5.93. The van der Waals surface area contributed by atoms with E-state index in [9.17, 15) is 9.90 Å². The second kappa shape index (κ2) is 2.70. The normalized spacial score (nSPS) is 41.1. The molecule has 2 aliphatic carbocycles. The molecule has 0 amide bonds. The molecule has 0 unspecified atom stereocenters. The van der Waals surface area contributed by atoms with E-state index in [1.807, 2.05) is 6.08 Å². The molecule has 0 heterocycles. The van der Waals surface area contributed by atoms with Gasteiger partial charge in [-0.1, -0.05) is 18.9 Å². The van der Waals surface area contributed by atoms with Gasteiger partial charge in [0.1, 0.15) is 0 Å². The standard InChI is InChI=1S/C10H14O2/c11-9-5-3-7-10(12)6-2-1-4-8(9)10/h3,5,8,12H,1-2,4,6-7H2/t8-,10+/m1/s1. The van der Waals surface area contributed by atoms with Crippen LogP contribution in [-0.4, -0.2) is 16.5 Å². The predicted molar refractivity (Wildman–Crippen MR) is 45.7 cm³/mol. The van der Waals surface area contributed by atoms with Crippen LogP contribution in [0.25, 0.3) is 0 Å². The molecule has 2 nitrogen and oxygen atoms in total. The first kappa shape index (κ1) is 7.99. The summed E-state index contributed by atoms with van der Waals surface area (Å²) >= 11 is 0. The molecular formula is C10H14O2. The molecule has 1 saturated carbocycles. The summed E-state index contributed by atoms with van der Waals surface area (Å²) in [6.07, 6.45) is 7.94. The Balaban J connectivity index is 2.26. The topological polar surface area (TPSA) is 37.3 Å². The molecule has 0 aromatic rings. The van der Waals surface area contributed by atoms with Crippen LogP contribution in [0, 0.1) is 5.92 Å². The first-order valence-corrected chi connectivity index (χ1v) is 4.65. The van der Waals surface area contributed by atoms with E-state index in [1.165, 1.54) is 0 Å². The Hall–Kier alpha value is -0.630. The Labute approximate surface area is 72.3 Å². The first-order valence-electron chi connectivity index (χ1n) is 4.65. The molecule has 0 saturated heterocycles. The van der Waals surface area contributed by atoms with Crippen molar-refractivity contribution in [3.8, 4) is 0 Å². The van der Waals surface area contributed by atoms with Crippen molar-refractivity contribution in [3.05, 3.63) is 12.2 Å². The largest absolute Gasteiger partial charge is 0.389 e. The number of hydrogen-bond acceptors (Lipinski definition) is 2. The van der Waals surface area contributed by atoms with Gasteiger partial charge in [0, 0.05) is 0 Å². The van der Waals surface area contributed by atoms with Crippen LogP contribution in [0.3, 0.4) is 0 Å². The number of ketones is 1. The van der Waals surface area contributed by atoms with Crippen LogP contribution in [0.15, 0.2) is 12.2 Å². The van der Waals surface area contributed by atoms with Crippen LogP contribution in [0.5, 0.6) is 0 Å². The van der Waals surface area contributed by atoms with Crippen LogP contribution >= 0.6 is 0 Å². The third-order valence-corrected chi connectivity index (χ3v) is 3.10. The predicted octanol–water partition coefficient (Wildman–Crippen LogP) is 1.44. The van der Waals surface area contributed by atoms with Gasteiger partial charge in [-0.3, -0.25) is 4.79 Å². The van der Waals surface area contributed by atoms with Crippen LogP contribution in [0.4, 0.5) is 0 Å². The number of carbonyl (C=O) groups excluding carboxylic acids is 1. The van der Waals surface area contributed by atoms with E-state index >= 15 is 0 Å². The Kier molecular flexibility index (Phi) is 1.80. The van der Waals surface area contributed by atoms with Crippen molar-refractivity contribution in [3.63, 3.8) is 0 Å². The van der Waals surface area contributed by atoms with E-state index in [0.29, 0.717) is 6.42 Å². The Morgan fingerprint density at radius 1 is 1.50 bits per heavy atom. The van der Waals surface area contributed by atoms with Gasteiger partial charge in [-0.15, -0.1) is 0 Å². The van der Waals surface area contributed by atoms with Gasteiger partial charge in [-0.2, -0.15) is 0 Å². The Bertz CT molecular complexity index is 232. The summed E-state index contributed by atoms with van der Waals surface area (Å²) < 4.78 is 0. The SMILES string of the molecule is O=C1C=CC[C@@]2(O)CCCC[C@H]12. The highest BCUT2D eigenvalue weighted by atomic mass is 16.3. The molecule has 1 fully saturated rings. The molecule has 0 aliphatic heterocycles. The second-order valence-corrected chi connectivity index (χ2v) is 3.91. The zero-order chi connectivity index (χ0) is 8.60. The van der Waals surface area contributed by atoms with Crippen molar-refractivity contribution < 1.29 is 9.90 Å². The maximum atomic E-state index is 11.4. The number of rotatable bonds is 0. The van der Waals surface area contributed by atoms with Gasteiger partial charge in [0.25, 0.3) is 0 Å². The van der Waals surface area contributed by atoms with Gasteiger partial charge in [0.05, 0.1) is 11.5 Å². The lowest BCUT2D eigenvalue weighted by Crippen LogP contribution is -2.45. The molecule has 2 rings (SSSR count). The first-order chi connectivity index (χ1) is 5.72. The van der Waals surface area contributed by atoms with Crippen LogP contribution in [0.1, 0.15) is 32.1 Å². The summed E-state index contributed by atoms with van der Waals surface area (Å²) in [5, 5.41) is 10.1. The number of hydrogen-bond donors (Lipinski definition) is 1. The van der Waals surface area contributed by atoms with E-state index in [2.05, 4.69) is 0 Å². The molecule has 2 aliphatic rings. The van der Waals surface area contributed by atoms with Gasteiger partial charge in [-0.05, 0) is 25.3 Å². The molecule has 2 atom stereocenters. The lowest BCUT2D eigenvalue weighted by atomic mass is 9.69. The Morgan fingerprint density at radius 3 is 3.08 bits per heavy atom. The maximum Gasteiger partial charge on any atom is 0.161 e. The van der Waals surface area contributed by atoms with Gasteiger partial charge in [0.15, 0.2) is 5.78 Å². The fourth-order valence-corrected chi connectivity index (χ4v) is 2.37. The van der Waals surface area contributed by atoms with Gasteiger partial charge in [0.2, 0.25) is 0 Å². The lowest BCUT2D eigenvalue weighted by molar-refractivity contribution is -0.132. The van der Waals surface area contributed by atoms with Crippen molar-refractivity contribution in [1.29, 1.82) is 0 Å². The highest BCUT2D eigenvalue weighted by Gasteiger charge is 2.42. The highest BCUT2D eigenvalue weighted by Crippen LogP contribution is 2.39. The zero-order valence-electron chi connectivity index (χ0n) is 7.12. The second-order valence-electron chi connectivity index (χ2n) is 3.91. The molecule has 0 bridgehead atoms. The lowest BCUT2D eigenvalue weighted by Gasteiger charge is -2.40. The minimum atomic E-state index is -0.690. The molecule has 0 aromatic heterocycles. The molecular weight excluding hydrogens is 152 g/mol. The van der Waals surface area contributed by atoms with Crippen LogP contribution in [-0.2, 0) is 4.79 Å². The van der Waals surface area contributed by atoms with E-state index in [1.54, 1.807) is 6.08 Å². The van der Waals surface area contributed by atoms with Gasteiger partial charge >= 0.3 is 0 Å². The monoisotopic (exact) mass is 166 g/mol. The summed E-state index contributed by atoms with van der Waals surface area (Å²) in [5.41, 5.74) is -0.690. The van der Waals surface area contributed by atoms with Crippen molar-refractivity contribution in [1.82, 2.24) is 0 Å². The molecule has 2 heteroatoms. The van der Waals surface area contributed by atoms with E-state index in [-0.39, 0.29) is 11.7 Å². The summed E-state index contributed by atoms with van der Waals surface area (Å²) in [7, 11) is 0. The number of carbonyl (C=O) groups is 1. The van der Waals surface area contributed by atoms with E-state index in [0.717, 1.165) is 25.7 Å². The molecule has 0 spiro atoms. The van der Waals surface area contributed by atoms with E-state index in [4.69, 9.17) is 0 Å². The molecule has 0 radical (unpaired) electrons. The van der Waals surface area contributed by atoms with E-state index < -0.39 is 5.60 Å². The van der Waals surface area contributed by atoms with Crippen molar-refractivity contribution >= 4 is 5.78 Å². The third-order valence-electron chi connectivity index (χ3n) is 3.10. The molecule has 66 valence electrons. The summed E-state index contributed by atoms with van der Waals surface area (Å²) in [4.78, 5) is 11.4. The number of fused-ring (bicyclic) bond motifs is 1. The molecule has 12 heavy (non-hydrogen) atoms. The smallest absolute Gasteiger partial charge is 0.161 e. The zero-order valence-corrected chi connectivity index (χ0v) is 7.12. The summed E-state index contributed by atoms with van der Waals surface area (Å²) in [6, 6.07) is 0. The maximum absolute atomic E-state index is 11.4. The molecule has 0 aromatic carbocycles. The summed E-state index contributed by atoms with van der Waals surface area (Å²) in [5.74, 6) is 0.0275. The van der Waals surface area contributed by atoms with Crippen molar-refractivity contribution in [2.24, 2.45) is 5.92 Å². The fraction of sp³-hybridized carbons (Fsp3) is 0.700. The third kappa shape index (κ3) is 1.11. The number of aliphatic hydroxyl groups is 1. The number of allylic oxidation sites excluding steroid dienone is 1. The van der Waals surface area contributed by atoms with Crippen LogP contribution in [0.2, 0.25) is 0 Å². The minimum Gasteiger partial charge on any atom is -0.389 e. The minimum absolute atomic E-state index is 0.101. The Morgan fingerprint density at radius 2 is 2.33 bits per heavy atom. The van der Waals surface area contributed by atoms with Crippen molar-refractivity contribution in [2.45, 2.75) is 37.7 Å². The van der Waals surface area contributed by atoms with Gasteiger partial charge < -0.3 is 5.11 Å².